The third-order valence-electron chi connectivity index (χ3n) is 4.76. The number of fused-ring (bicyclic) bond motifs is 1. The first kappa shape index (κ1) is 12.7. The molecule has 0 nitrogen and oxygen atoms in total. The van der Waals surface area contributed by atoms with Gasteiger partial charge in [0.15, 0.2) is 0 Å². The maximum atomic E-state index is 2.46. The van der Waals surface area contributed by atoms with Crippen molar-refractivity contribution in [3.8, 4) is 0 Å². The molecule has 0 bridgehead atoms. The number of hydrogen-bond donors (Lipinski definition) is 0. The molecule has 17 heavy (non-hydrogen) atoms. The SMILES string of the molecule is BC1c2ccccc2CC1(CCC)CCCC. The molecule has 2 unspecified atom stereocenters. The van der Waals surface area contributed by atoms with Gasteiger partial charge < -0.3 is 0 Å². The number of unbranched alkanes of at least 4 members (excludes halogenated alkanes) is 1. The van der Waals surface area contributed by atoms with Crippen LogP contribution in [0.1, 0.15) is 62.9 Å². The van der Waals surface area contributed by atoms with Crippen molar-refractivity contribution in [1.29, 1.82) is 0 Å². The monoisotopic (exact) mass is 228 g/mol. The average molecular weight is 228 g/mol. The Bertz CT molecular complexity index is 372. The molecule has 1 aromatic carbocycles. The highest BCUT2D eigenvalue weighted by molar-refractivity contribution is 6.13. The van der Waals surface area contributed by atoms with Crippen molar-refractivity contribution in [3.63, 3.8) is 0 Å². The highest BCUT2D eigenvalue weighted by atomic mass is 14.4. The van der Waals surface area contributed by atoms with Gasteiger partial charge >= 0.3 is 0 Å². The molecule has 0 spiro atoms. The Kier molecular flexibility index (Phi) is 3.96. The lowest BCUT2D eigenvalue weighted by atomic mass is 9.61. The third kappa shape index (κ3) is 2.29. The minimum atomic E-state index is 0.564. The summed E-state index contributed by atoms with van der Waals surface area (Å²) in [5.41, 5.74) is 3.80. The lowest BCUT2D eigenvalue weighted by Gasteiger charge is -2.34. The predicted molar refractivity (Wildman–Crippen MR) is 78.3 cm³/mol. The van der Waals surface area contributed by atoms with Crippen LogP contribution in [0.15, 0.2) is 24.3 Å². The zero-order valence-corrected chi connectivity index (χ0v) is 11.6. The Balaban J connectivity index is 2.25. The summed E-state index contributed by atoms with van der Waals surface area (Å²) in [6.07, 6.45) is 8.16. The van der Waals surface area contributed by atoms with Gasteiger partial charge in [0.25, 0.3) is 0 Å². The van der Waals surface area contributed by atoms with E-state index >= 15 is 0 Å². The first-order valence-corrected chi connectivity index (χ1v) is 7.31. The van der Waals surface area contributed by atoms with E-state index in [1.54, 1.807) is 11.1 Å². The van der Waals surface area contributed by atoms with Crippen molar-refractivity contribution in [2.45, 2.75) is 58.2 Å². The molecule has 1 aliphatic rings. The summed E-state index contributed by atoms with van der Waals surface area (Å²) >= 11 is 0. The molecule has 1 aromatic rings. The van der Waals surface area contributed by atoms with Crippen LogP contribution in [0.4, 0.5) is 0 Å². The molecule has 2 rings (SSSR count). The van der Waals surface area contributed by atoms with E-state index < -0.39 is 0 Å². The van der Waals surface area contributed by atoms with Crippen LogP contribution in [0.25, 0.3) is 0 Å². The van der Waals surface area contributed by atoms with Crippen molar-refractivity contribution in [3.05, 3.63) is 35.4 Å². The maximum Gasteiger partial charge on any atom is 0.111 e. The molecule has 0 amide bonds. The molecule has 2 atom stereocenters. The van der Waals surface area contributed by atoms with Gasteiger partial charge in [-0.15, -0.1) is 0 Å². The normalized spacial score (nSPS) is 27.1. The molecule has 0 saturated carbocycles. The minimum absolute atomic E-state index is 0.564. The summed E-state index contributed by atoms with van der Waals surface area (Å²) in [5.74, 6) is 0.755. The van der Waals surface area contributed by atoms with Gasteiger partial charge in [-0.25, -0.2) is 0 Å². The van der Waals surface area contributed by atoms with E-state index in [9.17, 15) is 0 Å². The van der Waals surface area contributed by atoms with Crippen LogP contribution in [0.3, 0.4) is 0 Å². The van der Waals surface area contributed by atoms with E-state index in [-0.39, 0.29) is 0 Å². The second kappa shape index (κ2) is 5.29. The molecule has 1 aliphatic carbocycles. The van der Waals surface area contributed by atoms with Gasteiger partial charge in [-0.2, -0.15) is 0 Å². The second-order valence-corrected chi connectivity index (χ2v) is 5.81. The van der Waals surface area contributed by atoms with E-state index in [4.69, 9.17) is 0 Å². The minimum Gasteiger partial charge on any atom is -0.0654 e. The molecular weight excluding hydrogens is 203 g/mol. The van der Waals surface area contributed by atoms with Gasteiger partial charge in [0.1, 0.15) is 7.85 Å². The van der Waals surface area contributed by atoms with Crippen molar-refractivity contribution >= 4 is 7.85 Å². The van der Waals surface area contributed by atoms with Gasteiger partial charge in [-0.05, 0) is 41.6 Å². The van der Waals surface area contributed by atoms with Crippen LogP contribution in [0.2, 0.25) is 0 Å². The molecule has 0 saturated heterocycles. The fourth-order valence-electron chi connectivity index (χ4n) is 3.74. The first-order chi connectivity index (χ1) is 8.23. The summed E-state index contributed by atoms with van der Waals surface area (Å²) in [5, 5.41) is 0. The predicted octanol–water partition coefficient (Wildman–Crippen LogP) is 3.89. The Hall–Kier alpha value is -0.715. The van der Waals surface area contributed by atoms with Gasteiger partial charge in [-0.1, -0.05) is 57.4 Å². The molecule has 92 valence electrons. The summed E-state index contributed by atoms with van der Waals surface area (Å²) in [7, 11) is 2.46. The highest BCUT2D eigenvalue weighted by Crippen LogP contribution is 2.51. The van der Waals surface area contributed by atoms with Crippen LogP contribution < -0.4 is 0 Å². The maximum absolute atomic E-state index is 2.46. The van der Waals surface area contributed by atoms with Gasteiger partial charge in [0.05, 0.1) is 0 Å². The zero-order chi connectivity index (χ0) is 12.3. The molecule has 1 heteroatoms. The van der Waals surface area contributed by atoms with Crippen molar-refractivity contribution in [1.82, 2.24) is 0 Å². The van der Waals surface area contributed by atoms with E-state index in [2.05, 4.69) is 46.0 Å². The summed E-state index contributed by atoms with van der Waals surface area (Å²) in [6, 6.07) is 9.10. The average Bonchev–Trinajstić information content (AvgIpc) is 2.62. The van der Waals surface area contributed by atoms with E-state index in [1.165, 1.54) is 38.5 Å². The van der Waals surface area contributed by atoms with Gasteiger partial charge in [0, 0.05) is 0 Å². The van der Waals surface area contributed by atoms with Crippen LogP contribution in [0.5, 0.6) is 0 Å². The van der Waals surface area contributed by atoms with Crippen molar-refractivity contribution in [2.24, 2.45) is 5.41 Å². The van der Waals surface area contributed by atoms with Crippen LogP contribution in [0, 0.1) is 5.41 Å². The third-order valence-corrected chi connectivity index (χ3v) is 4.76. The topological polar surface area (TPSA) is 0 Å². The van der Waals surface area contributed by atoms with Crippen molar-refractivity contribution in [2.75, 3.05) is 0 Å². The fourth-order valence-corrected chi connectivity index (χ4v) is 3.74. The lowest BCUT2D eigenvalue weighted by molar-refractivity contribution is 0.236. The van der Waals surface area contributed by atoms with Crippen molar-refractivity contribution < 1.29 is 0 Å². The molecular formula is C16H25B. The molecule has 0 radical (unpaired) electrons. The Morgan fingerprint density at radius 2 is 1.94 bits per heavy atom. The van der Waals surface area contributed by atoms with Crippen LogP contribution in [-0.2, 0) is 6.42 Å². The van der Waals surface area contributed by atoms with Crippen LogP contribution in [-0.4, -0.2) is 7.85 Å². The molecule has 0 N–H and O–H groups in total. The van der Waals surface area contributed by atoms with E-state index in [0.717, 1.165) is 5.82 Å². The quantitative estimate of drug-likeness (QED) is 0.670. The van der Waals surface area contributed by atoms with Gasteiger partial charge in [-0.3, -0.25) is 0 Å². The smallest absolute Gasteiger partial charge is 0.0654 e. The second-order valence-electron chi connectivity index (χ2n) is 5.81. The number of rotatable bonds is 5. The Morgan fingerprint density at radius 1 is 1.18 bits per heavy atom. The molecule has 0 aromatic heterocycles. The fraction of sp³-hybridized carbons (Fsp3) is 0.625. The number of benzene rings is 1. The molecule has 0 heterocycles. The Labute approximate surface area is 107 Å². The van der Waals surface area contributed by atoms with E-state index in [0.29, 0.717) is 5.41 Å². The zero-order valence-electron chi connectivity index (χ0n) is 11.6. The van der Waals surface area contributed by atoms with Gasteiger partial charge in [0.2, 0.25) is 0 Å². The molecule has 0 fully saturated rings. The highest BCUT2D eigenvalue weighted by Gasteiger charge is 2.41. The van der Waals surface area contributed by atoms with E-state index in [1.807, 2.05) is 0 Å². The summed E-state index contributed by atoms with van der Waals surface area (Å²) in [6.45, 7) is 4.65. The Morgan fingerprint density at radius 3 is 2.59 bits per heavy atom. The number of hydrogen-bond acceptors (Lipinski definition) is 0. The summed E-state index contributed by atoms with van der Waals surface area (Å²) < 4.78 is 0. The largest absolute Gasteiger partial charge is 0.111 e. The first-order valence-electron chi connectivity index (χ1n) is 7.31. The van der Waals surface area contributed by atoms with Crippen LogP contribution >= 0.6 is 0 Å². The lowest BCUT2D eigenvalue weighted by Crippen LogP contribution is -2.26. The standard InChI is InChI=1S/C16H25B/c1-3-5-11-16(10-4-2)12-13-8-6-7-9-14(13)15(16)17/h6-9,15H,3-5,10-12,17H2,1-2H3. The summed E-state index contributed by atoms with van der Waals surface area (Å²) in [4.78, 5) is 0. The molecule has 0 aliphatic heterocycles.